The predicted octanol–water partition coefficient (Wildman–Crippen LogP) is 1.99. The standard InChI is InChI=1S/C15H17ClN2O4/c1-15(2)10(11(15)14(21)22)13(20)18-7-4-5-8(9(16)6-7)12(19)17-3/h4-6,10-11H,1-3H3,(H,17,19)(H,18,20)(H,21,22)/t10-,11+/m0/s1. The molecule has 1 fully saturated rings. The monoisotopic (exact) mass is 324 g/mol. The summed E-state index contributed by atoms with van der Waals surface area (Å²) in [6.07, 6.45) is 0. The lowest BCUT2D eigenvalue weighted by Crippen LogP contribution is -2.19. The van der Waals surface area contributed by atoms with Gasteiger partial charge in [-0.25, -0.2) is 0 Å². The van der Waals surface area contributed by atoms with Crippen LogP contribution in [0.25, 0.3) is 0 Å². The van der Waals surface area contributed by atoms with Gasteiger partial charge in [0.05, 0.1) is 22.4 Å². The molecule has 0 aromatic heterocycles. The molecule has 2 atom stereocenters. The average Bonchev–Trinajstić information content (AvgIpc) is 3.01. The Morgan fingerprint density at radius 2 is 1.86 bits per heavy atom. The molecule has 118 valence electrons. The second kappa shape index (κ2) is 5.61. The van der Waals surface area contributed by atoms with Crippen LogP contribution < -0.4 is 10.6 Å². The summed E-state index contributed by atoms with van der Waals surface area (Å²) in [6, 6.07) is 4.53. The van der Waals surface area contributed by atoms with Gasteiger partial charge in [0.15, 0.2) is 0 Å². The van der Waals surface area contributed by atoms with Crippen molar-refractivity contribution < 1.29 is 19.5 Å². The third-order valence-corrected chi connectivity index (χ3v) is 4.40. The summed E-state index contributed by atoms with van der Waals surface area (Å²) >= 11 is 6.01. The third kappa shape index (κ3) is 2.78. The van der Waals surface area contributed by atoms with Gasteiger partial charge in [-0.2, -0.15) is 0 Å². The van der Waals surface area contributed by atoms with Gasteiger partial charge in [0, 0.05) is 12.7 Å². The van der Waals surface area contributed by atoms with Gasteiger partial charge in [-0.05, 0) is 23.6 Å². The Bertz CT molecular complexity index is 657. The zero-order chi connectivity index (χ0) is 16.7. The number of nitrogens with one attached hydrogen (secondary N) is 2. The highest BCUT2D eigenvalue weighted by Gasteiger charge is 2.65. The number of carbonyl (C=O) groups is 3. The first-order chi connectivity index (χ1) is 10.2. The number of anilines is 1. The predicted molar refractivity (Wildman–Crippen MR) is 81.9 cm³/mol. The molecule has 1 saturated carbocycles. The van der Waals surface area contributed by atoms with Crippen LogP contribution in [0.5, 0.6) is 0 Å². The second-order valence-electron chi connectivity index (χ2n) is 5.88. The first kappa shape index (κ1) is 16.3. The molecular formula is C15H17ClN2O4. The van der Waals surface area contributed by atoms with Gasteiger partial charge in [0.1, 0.15) is 0 Å². The van der Waals surface area contributed by atoms with E-state index in [9.17, 15) is 14.4 Å². The number of aliphatic carboxylic acids is 1. The molecule has 0 unspecified atom stereocenters. The van der Waals surface area contributed by atoms with Crippen molar-refractivity contribution in [3.05, 3.63) is 28.8 Å². The molecule has 0 heterocycles. The van der Waals surface area contributed by atoms with Crippen molar-refractivity contribution in [2.75, 3.05) is 12.4 Å². The first-order valence-corrected chi connectivity index (χ1v) is 7.13. The second-order valence-corrected chi connectivity index (χ2v) is 6.29. The normalized spacial score (nSPS) is 21.8. The summed E-state index contributed by atoms with van der Waals surface area (Å²) in [4.78, 5) is 34.8. The number of rotatable bonds is 4. The van der Waals surface area contributed by atoms with E-state index in [1.807, 2.05) is 0 Å². The van der Waals surface area contributed by atoms with E-state index >= 15 is 0 Å². The van der Waals surface area contributed by atoms with Gasteiger partial charge in [-0.3, -0.25) is 14.4 Å². The van der Waals surface area contributed by atoms with Gasteiger partial charge in [0.25, 0.3) is 5.91 Å². The minimum Gasteiger partial charge on any atom is -0.481 e. The van der Waals surface area contributed by atoms with Crippen molar-refractivity contribution in [1.29, 1.82) is 0 Å². The van der Waals surface area contributed by atoms with Crippen molar-refractivity contribution in [3.63, 3.8) is 0 Å². The molecular weight excluding hydrogens is 308 g/mol. The Hall–Kier alpha value is -2.08. The Morgan fingerprint density at radius 1 is 1.23 bits per heavy atom. The highest BCUT2D eigenvalue weighted by Crippen LogP contribution is 2.58. The SMILES string of the molecule is CNC(=O)c1ccc(NC(=O)[C@@H]2[C@H](C(=O)O)C2(C)C)cc1Cl. The summed E-state index contributed by atoms with van der Waals surface area (Å²) in [6.45, 7) is 3.50. The molecule has 1 aliphatic rings. The Balaban J connectivity index is 2.12. The van der Waals surface area contributed by atoms with E-state index in [0.29, 0.717) is 11.3 Å². The maximum absolute atomic E-state index is 12.2. The Kier molecular flexibility index (Phi) is 4.15. The highest BCUT2D eigenvalue weighted by atomic mass is 35.5. The number of hydrogen-bond donors (Lipinski definition) is 3. The molecule has 1 aliphatic carbocycles. The fourth-order valence-corrected chi connectivity index (χ4v) is 2.99. The number of carbonyl (C=O) groups excluding carboxylic acids is 2. The zero-order valence-corrected chi connectivity index (χ0v) is 13.2. The van der Waals surface area contributed by atoms with E-state index in [0.717, 1.165) is 0 Å². The molecule has 0 radical (unpaired) electrons. The lowest BCUT2D eigenvalue weighted by Gasteiger charge is -2.08. The van der Waals surface area contributed by atoms with Crippen molar-refractivity contribution in [2.24, 2.45) is 17.3 Å². The number of carboxylic acids is 1. The van der Waals surface area contributed by atoms with Crippen molar-refractivity contribution in [2.45, 2.75) is 13.8 Å². The Labute approximate surface area is 132 Å². The van der Waals surface area contributed by atoms with Crippen LogP contribution in [-0.4, -0.2) is 29.9 Å². The summed E-state index contributed by atoms with van der Waals surface area (Å²) < 4.78 is 0. The first-order valence-electron chi connectivity index (χ1n) is 6.75. The summed E-state index contributed by atoms with van der Waals surface area (Å²) in [5, 5.41) is 14.4. The smallest absolute Gasteiger partial charge is 0.307 e. The Morgan fingerprint density at radius 3 is 2.32 bits per heavy atom. The molecule has 0 saturated heterocycles. The minimum absolute atomic E-state index is 0.210. The van der Waals surface area contributed by atoms with Crippen LogP contribution in [-0.2, 0) is 9.59 Å². The van der Waals surface area contributed by atoms with E-state index in [2.05, 4.69) is 10.6 Å². The third-order valence-electron chi connectivity index (χ3n) is 4.08. The molecule has 0 aliphatic heterocycles. The molecule has 3 N–H and O–H groups in total. The van der Waals surface area contributed by atoms with Crippen LogP contribution >= 0.6 is 11.6 Å². The summed E-state index contributed by atoms with van der Waals surface area (Å²) in [5.74, 6) is -2.92. The van der Waals surface area contributed by atoms with Crippen LogP contribution in [0.4, 0.5) is 5.69 Å². The maximum Gasteiger partial charge on any atom is 0.307 e. The number of amides is 2. The topological polar surface area (TPSA) is 95.5 Å². The number of hydrogen-bond acceptors (Lipinski definition) is 3. The molecule has 22 heavy (non-hydrogen) atoms. The molecule has 0 bridgehead atoms. The van der Waals surface area contributed by atoms with Crippen LogP contribution in [0.15, 0.2) is 18.2 Å². The van der Waals surface area contributed by atoms with Gasteiger partial charge < -0.3 is 15.7 Å². The fourth-order valence-electron chi connectivity index (χ4n) is 2.72. The number of benzene rings is 1. The van der Waals surface area contributed by atoms with Crippen LogP contribution in [0.2, 0.25) is 5.02 Å². The van der Waals surface area contributed by atoms with Crippen molar-refractivity contribution >= 4 is 35.1 Å². The van der Waals surface area contributed by atoms with Gasteiger partial charge in [0.2, 0.25) is 5.91 Å². The van der Waals surface area contributed by atoms with Crippen molar-refractivity contribution in [1.82, 2.24) is 5.32 Å². The van der Waals surface area contributed by atoms with E-state index < -0.39 is 23.2 Å². The molecule has 2 amide bonds. The average molecular weight is 325 g/mol. The molecule has 2 rings (SSSR count). The highest BCUT2D eigenvalue weighted by molar-refractivity contribution is 6.34. The minimum atomic E-state index is -0.974. The molecule has 6 nitrogen and oxygen atoms in total. The summed E-state index contributed by atoms with van der Waals surface area (Å²) in [5.41, 5.74) is 0.161. The van der Waals surface area contributed by atoms with Crippen LogP contribution in [0.3, 0.4) is 0 Å². The van der Waals surface area contributed by atoms with Gasteiger partial charge in [-0.1, -0.05) is 25.4 Å². The number of halogens is 1. The van der Waals surface area contributed by atoms with Crippen LogP contribution in [0, 0.1) is 17.3 Å². The molecule has 0 spiro atoms. The lowest BCUT2D eigenvalue weighted by molar-refractivity contribution is -0.140. The lowest BCUT2D eigenvalue weighted by atomic mass is 10.1. The van der Waals surface area contributed by atoms with Gasteiger partial charge in [-0.15, -0.1) is 0 Å². The summed E-state index contributed by atoms with van der Waals surface area (Å²) in [7, 11) is 1.50. The van der Waals surface area contributed by atoms with E-state index in [-0.39, 0.29) is 16.8 Å². The maximum atomic E-state index is 12.2. The molecule has 1 aromatic rings. The molecule has 1 aromatic carbocycles. The van der Waals surface area contributed by atoms with Crippen molar-refractivity contribution in [3.8, 4) is 0 Å². The van der Waals surface area contributed by atoms with E-state index in [1.54, 1.807) is 19.9 Å². The molecule has 7 heteroatoms. The van der Waals surface area contributed by atoms with Gasteiger partial charge >= 0.3 is 5.97 Å². The zero-order valence-electron chi connectivity index (χ0n) is 12.4. The van der Waals surface area contributed by atoms with Crippen LogP contribution in [0.1, 0.15) is 24.2 Å². The largest absolute Gasteiger partial charge is 0.481 e. The van der Waals surface area contributed by atoms with E-state index in [4.69, 9.17) is 16.7 Å². The fraction of sp³-hybridized carbons (Fsp3) is 0.400. The quantitative estimate of drug-likeness (QED) is 0.789. The number of carboxylic acid groups (broad SMARTS) is 1. The van der Waals surface area contributed by atoms with E-state index in [1.165, 1.54) is 19.2 Å².